The van der Waals surface area contributed by atoms with E-state index in [1.165, 1.54) is 46.3 Å². The molecule has 0 saturated carbocycles. The highest BCUT2D eigenvalue weighted by atomic mass is 32.1. The molecule has 0 unspecified atom stereocenters. The lowest BCUT2D eigenvalue weighted by Crippen LogP contribution is -2.66. The molecular formula is C30H32NO4S2+. The Labute approximate surface area is 225 Å². The van der Waals surface area contributed by atoms with Crippen LogP contribution in [0.25, 0.3) is 10.8 Å². The Morgan fingerprint density at radius 2 is 1.65 bits per heavy atom. The van der Waals surface area contributed by atoms with E-state index in [0.717, 1.165) is 42.7 Å². The predicted octanol–water partition coefficient (Wildman–Crippen LogP) is 6.17. The van der Waals surface area contributed by atoms with Crippen molar-refractivity contribution in [1.82, 2.24) is 0 Å². The number of ether oxygens (including phenoxy) is 2. The van der Waals surface area contributed by atoms with E-state index in [-0.39, 0.29) is 6.23 Å². The molecule has 37 heavy (non-hydrogen) atoms. The molecule has 3 saturated heterocycles. The number of nitrogens with zero attached hydrogens (tertiary/aromatic N) is 1. The second-order valence-corrected chi connectivity index (χ2v) is 12.2. The SMILES string of the molecule is O=C(O[C@@H]1CC2CC[N+]1(CCCOc1ccc3ccccc3c1)CC2)C(O)(c1cccs1)c1cccs1. The molecule has 5 nitrogen and oxygen atoms in total. The number of piperidine rings is 3. The van der Waals surface area contributed by atoms with Gasteiger partial charge in [0.1, 0.15) is 5.75 Å². The van der Waals surface area contributed by atoms with Crippen LogP contribution in [-0.2, 0) is 15.1 Å². The summed E-state index contributed by atoms with van der Waals surface area (Å²) in [6, 6.07) is 21.9. The molecule has 5 heterocycles. The van der Waals surface area contributed by atoms with E-state index in [9.17, 15) is 9.90 Å². The second kappa shape index (κ2) is 10.2. The molecular weight excluding hydrogens is 502 g/mol. The van der Waals surface area contributed by atoms with Gasteiger partial charge < -0.3 is 14.6 Å². The molecule has 3 aliphatic heterocycles. The lowest BCUT2D eigenvalue weighted by molar-refractivity contribution is -0.984. The third kappa shape index (κ3) is 4.70. The van der Waals surface area contributed by atoms with Gasteiger partial charge >= 0.3 is 5.97 Å². The van der Waals surface area contributed by atoms with Gasteiger partial charge in [-0.3, -0.25) is 4.48 Å². The number of carbonyl (C=O) groups excluding carboxylic acids is 1. The van der Waals surface area contributed by atoms with Gasteiger partial charge in [-0.2, -0.15) is 0 Å². The highest BCUT2D eigenvalue weighted by Gasteiger charge is 2.52. The minimum atomic E-state index is -1.76. The Balaban J connectivity index is 1.14. The molecule has 1 N–H and O–H groups in total. The zero-order chi connectivity index (χ0) is 25.3. The van der Waals surface area contributed by atoms with Crippen molar-refractivity contribution >= 4 is 39.4 Å². The van der Waals surface area contributed by atoms with Crippen LogP contribution >= 0.6 is 22.7 Å². The first-order chi connectivity index (χ1) is 18.1. The maximum atomic E-state index is 13.7. The highest BCUT2D eigenvalue weighted by Crippen LogP contribution is 2.42. The molecule has 2 aromatic carbocycles. The second-order valence-electron chi connectivity index (χ2n) is 10.3. The van der Waals surface area contributed by atoms with Crippen molar-refractivity contribution in [3.8, 4) is 5.75 Å². The van der Waals surface area contributed by atoms with Crippen molar-refractivity contribution in [3.63, 3.8) is 0 Å². The Morgan fingerprint density at radius 1 is 0.946 bits per heavy atom. The molecule has 1 atom stereocenters. The number of hydrogen-bond donors (Lipinski definition) is 1. The fourth-order valence-corrected chi connectivity index (χ4v) is 7.74. The molecule has 0 amide bonds. The van der Waals surface area contributed by atoms with Crippen LogP contribution in [0.1, 0.15) is 35.4 Å². The largest absolute Gasteiger partial charge is 0.493 e. The number of aliphatic hydroxyl groups is 1. The summed E-state index contributed by atoms with van der Waals surface area (Å²) >= 11 is 2.76. The molecule has 192 valence electrons. The third-order valence-electron chi connectivity index (χ3n) is 8.14. The summed E-state index contributed by atoms with van der Waals surface area (Å²) < 4.78 is 13.2. The number of benzene rings is 2. The van der Waals surface area contributed by atoms with Crippen molar-refractivity contribution in [2.75, 3.05) is 26.2 Å². The van der Waals surface area contributed by atoms with Gasteiger partial charge in [0.2, 0.25) is 11.8 Å². The van der Waals surface area contributed by atoms with Crippen LogP contribution < -0.4 is 4.74 Å². The maximum Gasteiger partial charge on any atom is 0.353 e. The summed E-state index contributed by atoms with van der Waals surface area (Å²) in [5, 5.41) is 17.9. The first-order valence-corrected chi connectivity index (χ1v) is 14.8. The summed E-state index contributed by atoms with van der Waals surface area (Å²) in [6.07, 6.45) is 3.85. The van der Waals surface area contributed by atoms with E-state index in [0.29, 0.717) is 22.3 Å². The number of fused-ring (bicyclic) bond motifs is 4. The predicted molar refractivity (Wildman–Crippen MR) is 148 cm³/mol. The van der Waals surface area contributed by atoms with Crippen molar-refractivity contribution in [3.05, 3.63) is 87.2 Å². The fourth-order valence-electron chi connectivity index (χ4n) is 6.02. The smallest absolute Gasteiger partial charge is 0.353 e. The molecule has 3 fully saturated rings. The van der Waals surface area contributed by atoms with Crippen LogP contribution in [0.4, 0.5) is 0 Å². The van der Waals surface area contributed by atoms with Crippen LogP contribution in [0.5, 0.6) is 5.75 Å². The third-order valence-corrected chi connectivity index (χ3v) is 10.1. The summed E-state index contributed by atoms with van der Waals surface area (Å²) in [7, 11) is 0. The van der Waals surface area contributed by atoms with Gasteiger partial charge in [-0.05, 0) is 51.7 Å². The Hall–Kier alpha value is -2.71. The van der Waals surface area contributed by atoms with Crippen LogP contribution in [0.2, 0.25) is 0 Å². The average Bonchev–Trinajstić information content (AvgIpc) is 3.67. The Kier molecular flexibility index (Phi) is 6.80. The molecule has 7 rings (SSSR count). The van der Waals surface area contributed by atoms with Gasteiger partial charge in [0.05, 0.1) is 36.0 Å². The van der Waals surface area contributed by atoms with E-state index in [4.69, 9.17) is 9.47 Å². The number of carbonyl (C=O) groups is 1. The number of quaternary nitrogens is 1. The Bertz CT molecular complexity index is 1310. The summed E-state index contributed by atoms with van der Waals surface area (Å²) in [4.78, 5) is 14.9. The molecule has 0 radical (unpaired) electrons. The van der Waals surface area contributed by atoms with Crippen molar-refractivity contribution in [1.29, 1.82) is 0 Å². The quantitative estimate of drug-likeness (QED) is 0.159. The normalized spacial score (nSPS) is 23.3. The lowest BCUT2D eigenvalue weighted by Gasteiger charge is -2.53. The number of hydrogen-bond acceptors (Lipinski definition) is 6. The van der Waals surface area contributed by atoms with Crippen LogP contribution in [-0.4, -0.2) is 48.0 Å². The first-order valence-electron chi connectivity index (χ1n) is 13.1. The Morgan fingerprint density at radius 3 is 2.32 bits per heavy atom. The number of esters is 1. The summed E-state index contributed by atoms with van der Waals surface area (Å²) in [5.74, 6) is 0.916. The standard InChI is InChI=1S/C30H32NO4S2/c32-29(30(33,26-8-3-18-36-26)27-9-4-19-37-27)35-28-20-22-12-15-31(28,16-13-22)14-5-17-34-25-11-10-23-6-1-2-7-24(23)21-25/h1-4,6-11,18-19,21-22,28,33H,5,12-17,20H2/q+1/t22?,28-,31?/m1/s1. The van der Waals surface area contributed by atoms with Crippen LogP contribution in [0.15, 0.2) is 77.5 Å². The van der Waals surface area contributed by atoms with E-state index in [1.54, 1.807) is 0 Å². The fraction of sp³-hybridized carbons (Fsp3) is 0.367. The topological polar surface area (TPSA) is 55.8 Å². The minimum Gasteiger partial charge on any atom is -0.493 e. The van der Waals surface area contributed by atoms with Crippen molar-refractivity contribution in [2.45, 2.75) is 37.5 Å². The summed E-state index contributed by atoms with van der Waals surface area (Å²) in [6.45, 7) is 3.54. The zero-order valence-corrected chi connectivity index (χ0v) is 22.4. The van der Waals surface area contributed by atoms with E-state index in [2.05, 4.69) is 24.3 Å². The summed E-state index contributed by atoms with van der Waals surface area (Å²) in [5.41, 5.74) is -1.76. The van der Waals surface area contributed by atoms with Crippen LogP contribution in [0.3, 0.4) is 0 Å². The van der Waals surface area contributed by atoms with Gasteiger partial charge in [-0.1, -0.05) is 42.5 Å². The van der Waals surface area contributed by atoms with Gasteiger partial charge in [0, 0.05) is 25.7 Å². The maximum absolute atomic E-state index is 13.7. The monoisotopic (exact) mass is 534 g/mol. The van der Waals surface area contributed by atoms with E-state index >= 15 is 0 Å². The molecule has 0 spiro atoms. The molecule has 2 bridgehead atoms. The first kappa shape index (κ1) is 24.6. The van der Waals surface area contributed by atoms with Crippen LogP contribution in [0, 0.1) is 5.92 Å². The molecule has 0 aliphatic carbocycles. The van der Waals surface area contributed by atoms with Gasteiger partial charge in [-0.15, -0.1) is 22.7 Å². The molecule has 3 aliphatic rings. The molecule has 2 aromatic heterocycles. The number of thiophene rings is 2. The minimum absolute atomic E-state index is 0.230. The van der Waals surface area contributed by atoms with E-state index in [1.807, 2.05) is 53.2 Å². The van der Waals surface area contributed by atoms with Crippen molar-refractivity contribution in [2.24, 2.45) is 5.92 Å². The highest BCUT2D eigenvalue weighted by molar-refractivity contribution is 7.12. The lowest BCUT2D eigenvalue weighted by atomic mass is 9.84. The van der Waals surface area contributed by atoms with Gasteiger partial charge in [-0.25, -0.2) is 4.79 Å². The average molecular weight is 535 g/mol. The number of rotatable bonds is 9. The van der Waals surface area contributed by atoms with E-state index < -0.39 is 11.6 Å². The molecule has 4 aromatic rings. The van der Waals surface area contributed by atoms with Gasteiger partial charge in [0.15, 0.2) is 0 Å². The zero-order valence-electron chi connectivity index (χ0n) is 20.8. The van der Waals surface area contributed by atoms with Gasteiger partial charge in [0.25, 0.3) is 0 Å². The van der Waals surface area contributed by atoms with Crippen molar-refractivity contribution < 1.29 is 23.9 Å². The molecule has 7 heteroatoms.